The summed E-state index contributed by atoms with van der Waals surface area (Å²) in [5.74, 6) is 0.609. The van der Waals surface area contributed by atoms with Crippen molar-refractivity contribution in [2.24, 2.45) is 16.8 Å². The molecule has 1 N–H and O–H groups in total. The molecule has 0 unspecified atom stereocenters. The molecule has 3 aliphatic heterocycles. The number of carbonyl (C=O) groups excluding carboxylic acids is 1. The van der Waals surface area contributed by atoms with Crippen LogP contribution in [0.4, 0.5) is 5.69 Å². The zero-order chi connectivity index (χ0) is 20.8. The second-order valence-corrected chi connectivity index (χ2v) is 8.06. The summed E-state index contributed by atoms with van der Waals surface area (Å²) in [6.45, 7) is 7.78. The molecule has 3 heterocycles. The lowest BCUT2D eigenvalue weighted by Gasteiger charge is -2.50. The van der Waals surface area contributed by atoms with Crippen molar-refractivity contribution in [3.8, 4) is 5.75 Å². The minimum atomic E-state index is -1.01. The lowest BCUT2D eigenvalue weighted by Crippen LogP contribution is -2.61. The van der Waals surface area contributed by atoms with Crippen LogP contribution in [0.1, 0.15) is 31.7 Å². The molecule has 3 aliphatic rings. The standard InChI is InChI=1S/C22H28N2O5/c1-5-14-12-24-10-9-22(29-26)19-16(7-6-8-18(19)27-3)23-20(22)17(24)11-15(14)13(2)21(25)28-4/h6-8,14-15,17,26H,2,5,9-12H2,1,3-4H3/t14-,15-,17+,22+/m1/s1. The normalized spacial score (nSPS) is 30.6. The summed E-state index contributed by atoms with van der Waals surface area (Å²) in [5.41, 5.74) is 1.81. The number of rotatable bonds is 5. The third kappa shape index (κ3) is 2.91. The van der Waals surface area contributed by atoms with E-state index < -0.39 is 5.60 Å². The maximum Gasteiger partial charge on any atom is 0.333 e. The number of piperidine rings is 2. The zero-order valence-electron chi connectivity index (χ0n) is 17.2. The maximum atomic E-state index is 12.2. The van der Waals surface area contributed by atoms with Crippen LogP contribution in [0.5, 0.6) is 5.75 Å². The number of ether oxygens (including phenoxy) is 2. The third-order valence-electron chi connectivity index (χ3n) is 6.88. The van der Waals surface area contributed by atoms with Crippen LogP contribution in [0.25, 0.3) is 0 Å². The Kier molecular flexibility index (Phi) is 5.23. The molecule has 7 heteroatoms. The number of carbonyl (C=O) groups is 1. The molecule has 0 bridgehead atoms. The summed E-state index contributed by atoms with van der Waals surface area (Å²) in [5, 5.41) is 10.1. The van der Waals surface area contributed by atoms with Gasteiger partial charge in [-0.3, -0.25) is 15.1 Å². The van der Waals surface area contributed by atoms with Crippen LogP contribution in [0, 0.1) is 11.8 Å². The summed E-state index contributed by atoms with van der Waals surface area (Å²) in [4.78, 5) is 24.7. The molecule has 0 aromatic heterocycles. The van der Waals surface area contributed by atoms with Crippen molar-refractivity contribution in [3.63, 3.8) is 0 Å². The maximum absolute atomic E-state index is 12.2. The SMILES string of the molecule is C=C(C(=O)OC)[C@H]1C[C@H]2C3=Nc4cccc(OC)c4[C@@]3(OO)CCN2C[C@H]1CC. The van der Waals surface area contributed by atoms with Crippen molar-refractivity contribution >= 4 is 17.4 Å². The van der Waals surface area contributed by atoms with Crippen molar-refractivity contribution in [2.45, 2.75) is 37.8 Å². The van der Waals surface area contributed by atoms with Crippen molar-refractivity contribution in [2.75, 3.05) is 27.3 Å². The molecule has 156 valence electrons. The van der Waals surface area contributed by atoms with Gasteiger partial charge < -0.3 is 9.47 Å². The molecule has 2 fully saturated rings. The number of nitrogens with zero attached hydrogens (tertiary/aromatic N) is 2. The smallest absolute Gasteiger partial charge is 0.333 e. The number of hydrogen-bond acceptors (Lipinski definition) is 7. The fourth-order valence-electron chi connectivity index (χ4n) is 5.36. The quantitative estimate of drug-likeness (QED) is 0.353. The van der Waals surface area contributed by atoms with Crippen molar-refractivity contribution in [3.05, 3.63) is 35.9 Å². The van der Waals surface area contributed by atoms with Crippen LogP contribution in [0.2, 0.25) is 0 Å². The van der Waals surface area contributed by atoms with Gasteiger partial charge in [-0.2, -0.15) is 0 Å². The zero-order valence-corrected chi connectivity index (χ0v) is 17.2. The second-order valence-electron chi connectivity index (χ2n) is 8.06. The number of fused-ring (bicyclic) bond motifs is 5. The van der Waals surface area contributed by atoms with Crippen LogP contribution >= 0.6 is 0 Å². The minimum Gasteiger partial charge on any atom is -0.496 e. The van der Waals surface area contributed by atoms with Gasteiger partial charge in [0.05, 0.1) is 37.2 Å². The van der Waals surface area contributed by atoms with Crippen molar-refractivity contribution < 1.29 is 24.4 Å². The van der Waals surface area contributed by atoms with E-state index in [-0.39, 0.29) is 17.9 Å². The summed E-state index contributed by atoms with van der Waals surface area (Å²) >= 11 is 0. The molecule has 1 aromatic rings. The predicted molar refractivity (Wildman–Crippen MR) is 109 cm³/mol. The van der Waals surface area contributed by atoms with Gasteiger partial charge in [0.2, 0.25) is 0 Å². The first-order valence-corrected chi connectivity index (χ1v) is 10.1. The summed E-state index contributed by atoms with van der Waals surface area (Å²) < 4.78 is 10.5. The Balaban J connectivity index is 1.74. The topological polar surface area (TPSA) is 80.6 Å². The van der Waals surface area contributed by atoms with Crippen LogP contribution in [0.3, 0.4) is 0 Å². The summed E-state index contributed by atoms with van der Waals surface area (Å²) in [7, 11) is 3.00. The van der Waals surface area contributed by atoms with E-state index in [9.17, 15) is 10.1 Å². The highest BCUT2D eigenvalue weighted by Gasteiger charge is 2.56. The van der Waals surface area contributed by atoms with Gasteiger partial charge in [0.1, 0.15) is 5.75 Å². The highest BCUT2D eigenvalue weighted by atomic mass is 17.1. The van der Waals surface area contributed by atoms with E-state index in [2.05, 4.69) is 18.4 Å². The molecule has 29 heavy (non-hydrogen) atoms. The lowest BCUT2D eigenvalue weighted by molar-refractivity contribution is -0.311. The molecule has 2 saturated heterocycles. The van der Waals surface area contributed by atoms with Gasteiger partial charge in [0, 0.05) is 25.1 Å². The molecule has 7 nitrogen and oxygen atoms in total. The van der Waals surface area contributed by atoms with Gasteiger partial charge >= 0.3 is 5.97 Å². The van der Waals surface area contributed by atoms with Gasteiger partial charge in [-0.25, -0.2) is 9.68 Å². The monoisotopic (exact) mass is 400 g/mol. The van der Waals surface area contributed by atoms with E-state index >= 15 is 0 Å². The highest BCUT2D eigenvalue weighted by molar-refractivity contribution is 6.05. The molecule has 0 spiro atoms. The Hall–Kier alpha value is -2.22. The number of esters is 1. The average molecular weight is 400 g/mol. The predicted octanol–water partition coefficient (Wildman–Crippen LogP) is 3.32. The van der Waals surface area contributed by atoms with E-state index in [0.29, 0.717) is 30.1 Å². The number of methoxy groups -OCH3 is 2. The molecule has 0 amide bonds. The molecule has 0 radical (unpaired) electrons. The highest BCUT2D eigenvalue weighted by Crippen LogP contribution is 2.53. The molecular formula is C22H28N2O5. The Labute approximate surface area is 170 Å². The Morgan fingerprint density at radius 3 is 2.86 bits per heavy atom. The van der Waals surface area contributed by atoms with E-state index in [1.807, 2.05) is 18.2 Å². The first-order chi connectivity index (χ1) is 14.0. The van der Waals surface area contributed by atoms with Crippen LogP contribution < -0.4 is 4.74 Å². The minimum absolute atomic E-state index is 0.00324. The van der Waals surface area contributed by atoms with Crippen LogP contribution in [-0.4, -0.2) is 55.2 Å². The van der Waals surface area contributed by atoms with Gasteiger partial charge in [-0.15, -0.1) is 0 Å². The van der Waals surface area contributed by atoms with Crippen LogP contribution in [0.15, 0.2) is 35.3 Å². The van der Waals surface area contributed by atoms with E-state index in [0.717, 1.165) is 36.5 Å². The Morgan fingerprint density at radius 2 is 2.21 bits per heavy atom. The molecule has 1 aromatic carbocycles. The molecular weight excluding hydrogens is 372 g/mol. The average Bonchev–Trinajstić information content (AvgIpc) is 3.12. The number of benzene rings is 1. The van der Waals surface area contributed by atoms with Gasteiger partial charge in [-0.1, -0.05) is 26.0 Å². The second kappa shape index (κ2) is 7.55. The Bertz CT molecular complexity index is 867. The van der Waals surface area contributed by atoms with Gasteiger partial charge in [0.25, 0.3) is 0 Å². The van der Waals surface area contributed by atoms with Crippen LogP contribution in [-0.2, 0) is 20.0 Å². The fourth-order valence-corrected chi connectivity index (χ4v) is 5.36. The van der Waals surface area contributed by atoms with Gasteiger partial charge in [-0.05, 0) is 30.4 Å². The summed E-state index contributed by atoms with van der Waals surface area (Å²) in [6, 6.07) is 5.61. The summed E-state index contributed by atoms with van der Waals surface area (Å²) in [6.07, 6.45) is 2.23. The molecule has 0 aliphatic carbocycles. The first kappa shape index (κ1) is 20.1. The van der Waals surface area contributed by atoms with Crippen molar-refractivity contribution in [1.82, 2.24) is 4.90 Å². The number of aliphatic imine (C=N–C) groups is 1. The first-order valence-electron chi connectivity index (χ1n) is 10.1. The molecule has 4 rings (SSSR count). The van der Waals surface area contributed by atoms with Crippen molar-refractivity contribution in [1.29, 1.82) is 0 Å². The Morgan fingerprint density at radius 1 is 1.41 bits per heavy atom. The largest absolute Gasteiger partial charge is 0.496 e. The lowest BCUT2D eigenvalue weighted by atomic mass is 9.70. The van der Waals surface area contributed by atoms with E-state index in [1.165, 1.54) is 7.11 Å². The van der Waals surface area contributed by atoms with E-state index in [1.54, 1.807) is 7.11 Å². The van der Waals surface area contributed by atoms with Gasteiger partial charge in [0.15, 0.2) is 5.60 Å². The molecule has 4 atom stereocenters. The molecule has 0 saturated carbocycles. The number of hydrogen-bond donors (Lipinski definition) is 1. The van der Waals surface area contributed by atoms with E-state index in [4.69, 9.17) is 19.4 Å². The fraction of sp³-hybridized carbons (Fsp3) is 0.545. The third-order valence-corrected chi connectivity index (χ3v) is 6.88.